The van der Waals surface area contributed by atoms with Crippen LogP contribution in [0.4, 0.5) is 4.79 Å². The lowest BCUT2D eigenvalue weighted by molar-refractivity contribution is -0.161. The first-order chi connectivity index (χ1) is 26.3. The average Bonchev–Trinajstić information content (AvgIpc) is 3.17. The van der Waals surface area contributed by atoms with Gasteiger partial charge in [-0.2, -0.15) is 0 Å². The Morgan fingerprint density at radius 1 is 0.519 bits per heavy atom. The monoisotopic (exact) mass is 771 g/mol. The quantitative estimate of drug-likeness (QED) is 0.0281. The average molecular weight is 771 g/mol. The lowest BCUT2D eigenvalue weighted by atomic mass is 9.92. The lowest BCUT2D eigenvalue weighted by Gasteiger charge is -2.21. The van der Waals surface area contributed by atoms with Gasteiger partial charge >= 0.3 is 18.0 Å². The number of hydrogen-bond acceptors (Lipinski definition) is 9. The number of rotatable bonds is 40. The number of carbonyl (C=O) groups is 3. The Kier molecular flexibility index (Phi) is 37.9. The highest BCUT2D eigenvalue weighted by Gasteiger charge is 2.21. The molecule has 0 rings (SSSR count). The summed E-state index contributed by atoms with van der Waals surface area (Å²) in [4.78, 5) is 40.7. The van der Waals surface area contributed by atoms with Crippen LogP contribution >= 0.6 is 0 Å². The summed E-state index contributed by atoms with van der Waals surface area (Å²) in [6, 6.07) is 0. The predicted octanol–water partition coefficient (Wildman–Crippen LogP) is 10.8. The Bertz CT molecular complexity index is 838. The second-order valence-electron chi connectivity index (χ2n) is 15.1. The van der Waals surface area contributed by atoms with Crippen LogP contribution in [0.2, 0.25) is 0 Å². The number of nitrogens with one attached hydrogen (secondary N) is 1. The fourth-order valence-electron chi connectivity index (χ4n) is 6.38. The first-order valence-corrected chi connectivity index (χ1v) is 22.5. The van der Waals surface area contributed by atoms with Gasteiger partial charge in [-0.15, -0.1) is 0 Å². The molecule has 10 nitrogen and oxygen atoms in total. The Labute approximate surface area is 332 Å². The van der Waals surface area contributed by atoms with Crippen LogP contribution in [0.25, 0.3) is 0 Å². The van der Waals surface area contributed by atoms with Crippen LogP contribution in [-0.4, -0.2) is 88.4 Å². The van der Waals surface area contributed by atoms with Gasteiger partial charge < -0.3 is 33.9 Å². The van der Waals surface area contributed by atoms with E-state index in [1.165, 1.54) is 70.6 Å². The predicted molar refractivity (Wildman–Crippen MR) is 221 cm³/mol. The van der Waals surface area contributed by atoms with Gasteiger partial charge in [-0.25, -0.2) is 4.79 Å². The van der Waals surface area contributed by atoms with Gasteiger partial charge in [-0.3, -0.25) is 9.59 Å². The van der Waals surface area contributed by atoms with E-state index < -0.39 is 18.3 Å². The molecule has 0 aromatic heterocycles. The van der Waals surface area contributed by atoms with Gasteiger partial charge in [-0.05, 0) is 44.7 Å². The third-order valence-corrected chi connectivity index (χ3v) is 10.1. The third-order valence-electron chi connectivity index (χ3n) is 10.1. The van der Waals surface area contributed by atoms with Gasteiger partial charge in [0, 0.05) is 39.1 Å². The molecule has 0 fully saturated rings. The van der Waals surface area contributed by atoms with Crippen LogP contribution in [0.3, 0.4) is 0 Å². The van der Waals surface area contributed by atoms with Crippen LogP contribution in [0.5, 0.6) is 0 Å². The molecule has 10 heteroatoms. The zero-order valence-corrected chi connectivity index (χ0v) is 36.1. The topological polar surface area (TPSA) is 113 Å². The third kappa shape index (κ3) is 33.4. The second kappa shape index (κ2) is 39.3. The molecule has 320 valence electrons. The van der Waals surface area contributed by atoms with E-state index in [4.69, 9.17) is 23.7 Å². The highest BCUT2D eigenvalue weighted by molar-refractivity contribution is 5.70. The van der Waals surface area contributed by atoms with Crippen molar-refractivity contribution < 1.29 is 38.1 Å². The fourth-order valence-corrected chi connectivity index (χ4v) is 6.38. The number of unbranched alkanes of at least 4 members (excludes halogenated alkanes) is 14. The van der Waals surface area contributed by atoms with E-state index in [-0.39, 0.29) is 38.2 Å². The molecule has 0 radical (unpaired) electrons. The molecule has 0 aliphatic carbocycles. The zero-order chi connectivity index (χ0) is 39.9. The molecule has 1 N–H and O–H groups in total. The SMILES string of the molecule is CCCCCCCCOC(CCC(=O)OCC(COC(=O)CC(CCCC)CCCCCC)COC(=O)NCCN(CC)CC)OCCCCCCCC. The Morgan fingerprint density at radius 3 is 1.56 bits per heavy atom. The fraction of sp³-hybridized carbons (Fsp3) is 0.932. The normalized spacial score (nSPS) is 12.6. The van der Waals surface area contributed by atoms with Crippen molar-refractivity contribution in [2.45, 2.75) is 196 Å². The van der Waals surface area contributed by atoms with E-state index in [9.17, 15) is 14.4 Å². The summed E-state index contributed by atoms with van der Waals surface area (Å²) in [5.74, 6) is -0.802. The molecule has 0 bridgehead atoms. The van der Waals surface area contributed by atoms with Crippen molar-refractivity contribution in [3.05, 3.63) is 0 Å². The molecule has 54 heavy (non-hydrogen) atoms. The van der Waals surface area contributed by atoms with Gasteiger partial charge in [0.05, 0.1) is 12.3 Å². The molecular weight excluding hydrogens is 684 g/mol. The van der Waals surface area contributed by atoms with Crippen LogP contribution in [0.1, 0.15) is 189 Å². The number of hydrogen-bond donors (Lipinski definition) is 1. The summed E-state index contributed by atoms with van der Waals surface area (Å²) in [6.45, 7) is 17.2. The molecule has 2 atom stereocenters. The van der Waals surface area contributed by atoms with E-state index in [0.29, 0.717) is 38.5 Å². The van der Waals surface area contributed by atoms with Gasteiger partial charge in [0.2, 0.25) is 0 Å². The molecule has 0 heterocycles. The molecule has 0 saturated carbocycles. The number of ether oxygens (including phenoxy) is 5. The van der Waals surface area contributed by atoms with Crippen molar-refractivity contribution in [1.82, 2.24) is 10.2 Å². The molecule has 0 aliphatic rings. The van der Waals surface area contributed by atoms with E-state index in [2.05, 4.69) is 51.8 Å². The summed E-state index contributed by atoms with van der Waals surface area (Å²) in [5.41, 5.74) is 0. The second-order valence-corrected chi connectivity index (χ2v) is 15.1. The number of esters is 2. The highest BCUT2D eigenvalue weighted by atomic mass is 16.7. The van der Waals surface area contributed by atoms with Crippen molar-refractivity contribution in [3.8, 4) is 0 Å². The summed E-state index contributed by atoms with van der Waals surface area (Å²) >= 11 is 0. The van der Waals surface area contributed by atoms with Gasteiger partial charge in [0.15, 0.2) is 6.29 Å². The summed E-state index contributed by atoms with van der Waals surface area (Å²) in [6.07, 6.45) is 23.0. The molecule has 0 aliphatic heterocycles. The Hall–Kier alpha value is -1.91. The Morgan fingerprint density at radius 2 is 1.00 bits per heavy atom. The van der Waals surface area contributed by atoms with E-state index in [0.717, 1.165) is 77.4 Å². The first-order valence-electron chi connectivity index (χ1n) is 22.5. The molecule has 0 saturated heterocycles. The maximum atomic E-state index is 13.0. The number of alkyl carbamates (subject to hydrolysis) is 1. The number of carbonyl (C=O) groups excluding carboxylic acids is 3. The Balaban J connectivity index is 5.17. The maximum absolute atomic E-state index is 13.0. The number of amides is 1. The van der Waals surface area contributed by atoms with Crippen molar-refractivity contribution in [2.75, 3.05) is 59.2 Å². The minimum Gasteiger partial charge on any atom is -0.465 e. The minimum absolute atomic E-state index is 0.0144. The molecule has 0 aromatic carbocycles. The lowest BCUT2D eigenvalue weighted by Crippen LogP contribution is -2.36. The van der Waals surface area contributed by atoms with E-state index in [1.807, 2.05) is 0 Å². The summed E-state index contributed by atoms with van der Waals surface area (Å²) < 4.78 is 29.1. The van der Waals surface area contributed by atoms with Crippen molar-refractivity contribution in [1.29, 1.82) is 0 Å². The van der Waals surface area contributed by atoms with Crippen molar-refractivity contribution in [3.63, 3.8) is 0 Å². The van der Waals surface area contributed by atoms with Gasteiger partial charge in [0.1, 0.15) is 19.8 Å². The van der Waals surface area contributed by atoms with Gasteiger partial charge in [-0.1, -0.05) is 144 Å². The molecule has 0 aromatic rings. The van der Waals surface area contributed by atoms with Crippen LogP contribution < -0.4 is 5.32 Å². The maximum Gasteiger partial charge on any atom is 0.407 e. The van der Waals surface area contributed by atoms with Crippen LogP contribution in [-0.2, 0) is 33.3 Å². The standard InChI is InChI=1S/C44H86N2O8/c1-7-13-17-20-22-25-33-50-43(51-34-26-23-21-18-14-8-2)30-29-41(47)52-36-40(38-54-44(49)45-31-32-46(11-5)12-6)37-53-42(48)35-39(27-16-10-4)28-24-19-15-9-3/h39-40,43H,7-38H2,1-6H3,(H,45,49). The molecule has 1 amide bonds. The molecule has 0 spiro atoms. The minimum atomic E-state index is -0.538. The van der Waals surface area contributed by atoms with E-state index >= 15 is 0 Å². The van der Waals surface area contributed by atoms with E-state index in [1.54, 1.807) is 0 Å². The smallest absolute Gasteiger partial charge is 0.407 e. The zero-order valence-electron chi connectivity index (χ0n) is 36.1. The first kappa shape index (κ1) is 52.1. The van der Waals surface area contributed by atoms with Crippen LogP contribution in [0, 0.1) is 11.8 Å². The number of nitrogens with zero attached hydrogens (tertiary/aromatic N) is 1. The summed E-state index contributed by atoms with van der Waals surface area (Å²) in [7, 11) is 0. The molecule has 2 unspecified atom stereocenters. The van der Waals surface area contributed by atoms with Crippen molar-refractivity contribution in [2.24, 2.45) is 11.8 Å². The van der Waals surface area contributed by atoms with Gasteiger partial charge in [0.25, 0.3) is 0 Å². The summed E-state index contributed by atoms with van der Waals surface area (Å²) in [5, 5.41) is 2.79. The van der Waals surface area contributed by atoms with Crippen LogP contribution in [0.15, 0.2) is 0 Å². The van der Waals surface area contributed by atoms with Crippen molar-refractivity contribution >= 4 is 18.0 Å². The molecular formula is C44H86N2O8. The highest BCUT2D eigenvalue weighted by Crippen LogP contribution is 2.22. The largest absolute Gasteiger partial charge is 0.465 e. The number of likely N-dealkylation sites (N-methyl/N-ethyl adjacent to an activating group) is 1.